The van der Waals surface area contributed by atoms with Crippen LogP contribution in [0.15, 0.2) is 152 Å². The largest absolute Gasteiger partial charge is 0.309 e. The van der Waals surface area contributed by atoms with Gasteiger partial charge in [-0.2, -0.15) is 0 Å². The van der Waals surface area contributed by atoms with E-state index in [0.29, 0.717) is 0 Å². The van der Waals surface area contributed by atoms with E-state index in [2.05, 4.69) is 159 Å². The molecule has 2 N–H and O–H groups in total. The maximum atomic E-state index is 8.60. The van der Waals surface area contributed by atoms with Crippen LogP contribution in [0.1, 0.15) is 11.1 Å². The van der Waals surface area contributed by atoms with E-state index in [9.17, 15) is 0 Å². The number of para-hydroxylation sites is 5. The molecular formula is C44H29N5. The third-order valence-electron chi connectivity index (χ3n) is 10.0. The van der Waals surface area contributed by atoms with Crippen LogP contribution < -0.4 is 0 Å². The fourth-order valence-corrected chi connectivity index (χ4v) is 8.05. The molecular weight excluding hydrogens is 599 g/mol. The van der Waals surface area contributed by atoms with E-state index in [0.717, 1.165) is 66.7 Å². The smallest absolute Gasteiger partial charge is 0.0571 e. The summed E-state index contributed by atoms with van der Waals surface area (Å²) in [5.41, 5.74) is 11.1. The molecule has 5 nitrogen and oxygen atoms in total. The topological polar surface area (TPSA) is 62.5 Å². The summed E-state index contributed by atoms with van der Waals surface area (Å²) >= 11 is 0. The normalized spacial score (nSPS) is 11.8. The highest BCUT2D eigenvalue weighted by Crippen LogP contribution is 2.43. The van der Waals surface area contributed by atoms with Gasteiger partial charge < -0.3 is 24.5 Å². The Morgan fingerprint density at radius 1 is 0.347 bits per heavy atom. The molecule has 0 amide bonds. The lowest BCUT2D eigenvalue weighted by Crippen LogP contribution is -2.06. The highest BCUT2D eigenvalue weighted by molar-refractivity contribution is 6.29. The molecule has 0 spiro atoms. The Labute approximate surface area is 281 Å². The molecule has 0 unspecified atom stereocenters. The van der Waals surface area contributed by atoms with Crippen molar-refractivity contribution in [2.45, 2.75) is 0 Å². The zero-order valence-electron chi connectivity index (χ0n) is 26.4. The molecule has 10 aromatic rings. The number of nitrogens with zero attached hydrogens (tertiary/aromatic N) is 3. The summed E-state index contributed by atoms with van der Waals surface area (Å²) in [6.07, 6.45) is 2.82. The minimum atomic E-state index is 0.748. The Kier molecular flexibility index (Phi) is 5.81. The van der Waals surface area contributed by atoms with Crippen molar-refractivity contribution in [2.24, 2.45) is 0 Å². The first-order valence-corrected chi connectivity index (χ1v) is 16.5. The van der Waals surface area contributed by atoms with Crippen molar-refractivity contribution in [3.05, 3.63) is 163 Å². The van der Waals surface area contributed by atoms with Gasteiger partial charge in [-0.1, -0.05) is 91.0 Å². The lowest BCUT2D eigenvalue weighted by atomic mass is 10.0. The highest BCUT2D eigenvalue weighted by Gasteiger charge is 2.23. The van der Waals surface area contributed by atoms with Crippen LogP contribution in [0.25, 0.3) is 82.5 Å². The van der Waals surface area contributed by atoms with Crippen molar-refractivity contribution in [1.82, 2.24) is 13.7 Å². The molecule has 3 heterocycles. The van der Waals surface area contributed by atoms with E-state index in [1.165, 1.54) is 39.4 Å². The zero-order valence-corrected chi connectivity index (χ0v) is 26.4. The van der Waals surface area contributed by atoms with Crippen molar-refractivity contribution in [3.8, 4) is 17.1 Å². The Balaban J connectivity index is 1.35. The van der Waals surface area contributed by atoms with Gasteiger partial charge in [0.2, 0.25) is 0 Å². The van der Waals surface area contributed by atoms with Crippen LogP contribution in [0.2, 0.25) is 0 Å². The van der Waals surface area contributed by atoms with Crippen LogP contribution in [-0.2, 0) is 0 Å². The predicted molar refractivity (Wildman–Crippen MR) is 205 cm³/mol. The molecule has 0 radical (unpaired) electrons. The Hall–Kier alpha value is -6.72. The van der Waals surface area contributed by atoms with Crippen molar-refractivity contribution in [3.63, 3.8) is 0 Å². The number of fused-ring (bicyclic) bond motifs is 10. The molecule has 230 valence electrons. The van der Waals surface area contributed by atoms with Crippen LogP contribution in [-0.4, -0.2) is 26.1 Å². The van der Waals surface area contributed by atoms with Crippen LogP contribution in [0, 0.1) is 10.8 Å². The molecule has 0 saturated carbocycles. The van der Waals surface area contributed by atoms with Crippen LogP contribution in [0.3, 0.4) is 0 Å². The fourth-order valence-electron chi connectivity index (χ4n) is 8.05. The summed E-state index contributed by atoms with van der Waals surface area (Å²) < 4.78 is 6.94. The standard InChI is InChI=1S/C44H29N5/c45-26-28-24-29(27-46)42(25-41(28)48-35-18-8-4-14-31(35)32-15-5-9-19-36(32)48)49-38-21-11-7-17-34(38)44-40(49)23-22-39-43(44)33-16-6-10-20-37(33)47(39)30-12-2-1-3-13-30/h1-27,45-46H. The molecule has 0 fully saturated rings. The quantitative estimate of drug-likeness (QED) is 0.178. The van der Waals surface area contributed by atoms with Gasteiger partial charge in [-0.25, -0.2) is 0 Å². The minimum Gasteiger partial charge on any atom is -0.309 e. The number of nitrogens with one attached hydrogen (secondary N) is 2. The van der Waals surface area contributed by atoms with Gasteiger partial charge >= 0.3 is 0 Å². The van der Waals surface area contributed by atoms with Crippen molar-refractivity contribution >= 4 is 77.8 Å². The average Bonchev–Trinajstić information content (AvgIpc) is 3.80. The molecule has 0 aliphatic heterocycles. The van der Waals surface area contributed by atoms with Gasteiger partial charge in [0, 0.05) is 61.6 Å². The van der Waals surface area contributed by atoms with Crippen LogP contribution in [0.4, 0.5) is 0 Å². The fraction of sp³-hybridized carbons (Fsp3) is 0. The van der Waals surface area contributed by atoms with Crippen molar-refractivity contribution in [2.75, 3.05) is 0 Å². The summed E-state index contributed by atoms with van der Waals surface area (Å²) in [5.74, 6) is 0. The third-order valence-corrected chi connectivity index (χ3v) is 10.0. The summed E-state index contributed by atoms with van der Waals surface area (Å²) in [6, 6.07) is 53.3. The molecule has 5 heteroatoms. The third kappa shape index (κ3) is 3.75. The van der Waals surface area contributed by atoms with E-state index in [-0.39, 0.29) is 0 Å². The van der Waals surface area contributed by atoms with Gasteiger partial charge in [0.25, 0.3) is 0 Å². The van der Waals surface area contributed by atoms with E-state index >= 15 is 0 Å². The molecule has 3 aromatic heterocycles. The van der Waals surface area contributed by atoms with E-state index in [1.54, 1.807) is 0 Å². The number of rotatable bonds is 5. The Morgan fingerprint density at radius 3 is 1.24 bits per heavy atom. The summed E-state index contributed by atoms with van der Waals surface area (Å²) in [7, 11) is 0. The molecule has 0 atom stereocenters. The Morgan fingerprint density at radius 2 is 0.735 bits per heavy atom. The van der Waals surface area contributed by atoms with Crippen LogP contribution in [0.5, 0.6) is 0 Å². The first-order valence-electron chi connectivity index (χ1n) is 16.5. The monoisotopic (exact) mass is 627 g/mol. The first kappa shape index (κ1) is 27.4. The predicted octanol–water partition coefficient (Wildman–Crippen LogP) is 11.0. The van der Waals surface area contributed by atoms with Crippen molar-refractivity contribution in [1.29, 1.82) is 10.8 Å². The SMILES string of the molecule is N=Cc1cc(C=N)c(-n2c3ccccc3c3c4c5ccccc5n(-c5ccccc5)c4ccc32)cc1-n1c2ccccc2c2ccccc21. The second-order valence-electron chi connectivity index (χ2n) is 12.5. The molecule has 0 aliphatic carbocycles. The molecule has 0 saturated heterocycles. The van der Waals surface area contributed by atoms with Gasteiger partial charge in [0.15, 0.2) is 0 Å². The number of aromatic nitrogens is 3. The maximum absolute atomic E-state index is 8.60. The first-order chi connectivity index (χ1) is 24.3. The minimum absolute atomic E-state index is 0.748. The van der Waals surface area contributed by atoms with E-state index in [4.69, 9.17) is 10.8 Å². The second-order valence-corrected chi connectivity index (χ2v) is 12.5. The summed E-state index contributed by atoms with van der Waals surface area (Å²) in [5, 5.41) is 24.2. The molecule has 10 rings (SSSR count). The molecule has 7 aromatic carbocycles. The van der Waals surface area contributed by atoms with Crippen molar-refractivity contribution < 1.29 is 0 Å². The number of hydrogen-bond donors (Lipinski definition) is 2. The second kappa shape index (κ2) is 10.4. The van der Waals surface area contributed by atoms with Gasteiger partial charge in [-0.05, 0) is 60.7 Å². The Bertz CT molecular complexity index is 2920. The van der Waals surface area contributed by atoms with E-state index < -0.39 is 0 Å². The molecule has 0 aliphatic rings. The molecule has 0 bridgehead atoms. The van der Waals surface area contributed by atoms with Gasteiger partial charge in [-0.3, -0.25) is 0 Å². The van der Waals surface area contributed by atoms with Gasteiger partial charge in [0.1, 0.15) is 0 Å². The number of benzene rings is 7. The summed E-state index contributed by atoms with van der Waals surface area (Å²) in [6.45, 7) is 0. The summed E-state index contributed by atoms with van der Waals surface area (Å²) in [4.78, 5) is 0. The lowest BCUT2D eigenvalue weighted by molar-refractivity contribution is 1.12. The van der Waals surface area contributed by atoms with Crippen LogP contribution >= 0.6 is 0 Å². The van der Waals surface area contributed by atoms with E-state index in [1.807, 2.05) is 6.07 Å². The number of hydrogen-bond acceptors (Lipinski definition) is 2. The molecule has 49 heavy (non-hydrogen) atoms. The zero-order chi connectivity index (χ0) is 32.6. The van der Waals surface area contributed by atoms with Gasteiger partial charge in [0.05, 0.1) is 44.5 Å². The maximum Gasteiger partial charge on any atom is 0.0571 e. The average molecular weight is 628 g/mol. The lowest BCUT2D eigenvalue weighted by Gasteiger charge is -2.17. The highest BCUT2D eigenvalue weighted by atomic mass is 15.0. The van der Waals surface area contributed by atoms with Gasteiger partial charge in [-0.15, -0.1) is 0 Å².